The Morgan fingerprint density at radius 1 is 1.75 bits per heavy atom. The molecule has 0 unspecified atom stereocenters. The Morgan fingerprint density at radius 3 is 2.75 bits per heavy atom. The molecule has 3 nitrogen and oxygen atoms in total. The number of amides is 1. The van der Waals surface area contributed by atoms with Crippen LogP contribution in [0.1, 0.15) is 6.42 Å². The zero-order valence-corrected chi connectivity index (χ0v) is 4.76. The molecule has 1 saturated heterocycles. The maximum Gasteiger partial charge on any atom is 0.226 e. The van der Waals surface area contributed by atoms with E-state index in [0.717, 1.165) is 19.5 Å². The Kier molecular flexibility index (Phi) is 1.48. The highest BCUT2D eigenvalue weighted by atomic mass is 16.1. The minimum atomic E-state index is -0.140. The van der Waals surface area contributed by atoms with Gasteiger partial charge in [0.2, 0.25) is 5.91 Å². The van der Waals surface area contributed by atoms with Gasteiger partial charge < -0.3 is 11.1 Å². The van der Waals surface area contributed by atoms with Crippen molar-refractivity contribution in [1.82, 2.24) is 0 Å². The lowest BCUT2D eigenvalue weighted by molar-refractivity contribution is -0.637. The Morgan fingerprint density at radius 2 is 2.50 bits per heavy atom. The molecule has 1 aliphatic heterocycles. The molecule has 0 radical (unpaired) electrons. The van der Waals surface area contributed by atoms with E-state index in [9.17, 15) is 4.79 Å². The zero-order valence-electron chi connectivity index (χ0n) is 4.76. The molecular weight excluding hydrogens is 104 g/mol. The van der Waals surface area contributed by atoms with Crippen molar-refractivity contribution in [2.45, 2.75) is 6.42 Å². The Balaban J connectivity index is 2.35. The van der Waals surface area contributed by atoms with Crippen LogP contribution in [0.3, 0.4) is 0 Å². The molecule has 46 valence electrons. The summed E-state index contributed by atoms with van der Waals surface area (Å²) in [6.45, 7) is 1.96. The largest absolute Gasteiger partial charge is 0.369 e. The van der Waals surface area contributed by atoms with E-state index in [1.165, 1.54) is 0 Å². The topological polar surface area (TPSA) is 59.7 Å². The van der Waals surface area contributed by atoms with Gasteiger partial charge in [-0.1, -0.05) is 0 Å². The second-order valence-corrected chi connectivity index (χ2v) is 2.20. The first kappa shape index (κ1) is 5.56. The van der Waals surface area contributed by atoms with E-state index in [1.54, 1.807) is 0 Å². The van der Waals surface area contributed by atoms with E-state index in [1.807, 2.05) is 0 Å². The SMILES string of the molecule is NC(=O)[C@@H]1CC[NH2+]C1. The first-order chi connectivity index (χ1) is 3.80. The molecule has 1 aliphatic rings. The highest BCUT2D eigenvalue weighted by molar-refractivity contribution is 5.76. The first-order valence-corrected chi connectivity index (χ1v) is 2.91. The van der Waals surface area contributed by atoms with Gasteiger partial charge in [-0.05, 0) is 0 Å². The van der Waals surface area contributed by atoms with Crippen molar-refractivity contribution in [3.8, 4) is 0 Å². The Labute approximate surface area is 48.2 Å². The summed E-state index contributed by atoms with van der Waals surface area (Å²) in [5, 5.41) is 2.12. The van der Waals surface area contributed by atoms with Crippen LogP contribution in [0.15, 0.2) is 0 Å². The third kappa shape index (κ3) is 0.980. The fraction of sp³-hybridized carbons (Fsp3) is 0.800. The van der Waals surface area contributed by atoms with Gasteiger partial charge >= 0.3 is 0 Å². The molecule has 0 aromatic heterocycles. The molecule has 1 atom stereocenters. The van der Waals surface area contributed by atoms with Gasteiger partial charge in [0, 0.05) is 6.42 Å². The van der Waals surface area contributed by atoms with Crippen molar-refractivity contribution in [3.63, 3.8) is 0 Å². The van der Waals surface area contributed by atoms with Crippen LogP contribution in [0, 0.1) is 5.92 Å². The molecule has 0 spiro atoms. The number of nitrogens with two attached hydrogens (primary N) is 2. The number of primary amides is 1. The van der Waals surface area contributed by atoms with Crippen LogP contribution in [0.2, 0.25) is 0 Å². The molecule has 8 heavy (non-hydrogen) atoms. The van der Waals surface area contributed by atoms with Crippen LogP contribution < -0.4 is 11.1 Å². The maximum absolute atomic E-state index is 10.4. The first-order valence-electron chi connectivity index (χ1n) is 2.91. The second-order valence-electron chi connectivity index (χ2n) is 2.20. The third-order valence-electron chi connectivity index (χ3n) is 1.57. The summed E-state index contributed by atoms with van der Waals surface area (Å²) in [7, 11) is 0. The van der Waals surface area contributed by atoms with Crippen LogP contribution in [-0.2, 0) is 4.79 Å². The van der Waals surface area contributed by atoms with E-state index < -0.39 is 0 Å². The smallest absolute Gasteiger partial charge is 0.226 e. The number of hydrogen-bond donors (Lipinski definition) is 2. The lowest BCUT2D eigenvalue weighted by Gasteiger charge is -1.94. The molecule has 3 heteroatoms. The van der Waals surface area contributed by atoms with Crippen LogP contribution in [0.25, 0.3) is 0 Å². The van der Waals surface area contributed by atoms with Crippen LogP contribution in [0.4, 0.5) is 0 Å². The van der Waals surface area contributed by atoms with E-state index in [-0.39, 0.29) is 11.8 Å². The monoisotopic (exact) mass is 115 g/mol. The predicted octanol–water partition coefficient (Wildman–Crippen LogP) is -1.94. The minimum absolute atomic E-state index is 0.140. The summed E-state index contributed by atoms with van der Waals surface area (Å²) in [5.74, 6) is 0.00810. The number of hydrogen-bond acceptors (Lipinski definition) is 1. The fourth-order valence-electron chi connectivity index (χ4n) is 1.01. The zero-order chi connectivity index (χ0) is 5.98. The Hall–Kier alpha value is -0.570. The lowest BCUT2D eigenvalue weighted by atomic mass is 10.1. The summed E-state index contributed by atoms with van der Waals surface area (Å²) in [4.78, 5) is 10.4. The Bertz CT molecular complexity index is 96.6. The van der Waals surface area contributed by atoms with Crippen LogP contribution >= 0.6 is 0 Å². The number of rotatable bonds is 1. The van der Waals surface area contributed by atoms with E-state index in [4.69, 9.17) is 5.73 Å². The number of carbonyl (C=O) groups is 1. The van der Waals surface area contributed by atoms with Crippen molar-refractivity contribution >= 4 is 5.91 Å². The fourth-order valence-corrected chi connectivity index (χ4v) is 1.01. The molecule has 1 fully saturated rings. The van der Waals surface area contributed by atoms with Crippen LogP contribution in [-0.4, -0.2) is 19.0 Å². The van der Waals surface area contributed by atoms with Gasteiger partial charge in [-0.25, -0.2) is 0 Å². The lowest BCUT2D eigenvalue weighted by Crippen LogP contribution is -2.81. The molecule has 1 heterocycles. The average Bonchev–Trinajstić information content (AvgIpc) is 2.12. The molecule has 4 N–H and O–H groups in total. The molecule has 0 aromatic rings. The molecule has 0 aliphatic carbocycles. The summed E-state index contributed by atoms with van der Waals surface area (Å²) in [6.07, 6.45) is 0.968. The summed E-state index contributed by atoms with van der Waals surface area (Å²) in [6, 6.07) is 0. The highest BCUT2D eigenvalue weighted by Gasteiger charge is 2.22. The average molecular weight is 115 g/mol. The van der Waals surface area contributed by atoms with E-state index in [2.05, 4.69) is 5.32 Å². The van der Waals surface area contributed by atoms with Crippen LogP contribution in [0.5, 0.6) is 0 Å². The normalized spacial score (nSPS) is 28.2. The van der Waals surface area contributed by atoms with Crippen molar-refractivity contribution < 1.29 is 10.1 Å². The van der Waals surface area contributed by atoms with Gasteiger partial charge in [-0.3, -0.25) is 4.79 Å². The summed E-state index contributed by atoms with van der Waals surface area (Å²) < 4.78 is 0. The van der Waals surface area contributed by atoms with Crippen molar-refractivity contribution in [3.05, 3.63) is 0 Å². The standard InChI is InChI=1S/C5H10N2O/c6-5(8)4-1-2-7-3-4/h4,7H,1-3H2,(H2,6,8)/p+1/t4-/m1/s1. The molecular formula is C5H11N2O+. The molecule has 1 amide bonds. The van der Waals surface area contributed by atoms with Crippen molar-refractivity contribution in [2.24, 2.45) is 11.7 Å². The van der Waals surface area contributed by atoms with Gasteiger partial charge in [0.1, 0.15) is 0 Å². The maximum atomic E-state index is 10.4. The molecule has 0 bridgehead atoms. The molecule has 0 saturated carbocycles. The minimum Gasteiger partial charge on any atom is -0.369 e. The van der Waals surface area contributed by atoms with Gasteiger partial charge in [-0.2, -0.15) is 0 Å². The number of quaternary nitrogens is 1. The quantitative estimate of drug-likeness (QED) is 0.410. The van der Waals surface area contributed by atoms with Gasteiger partial charge in [0.15, 0.2) is 0 Å². The summed E-state index contributed by atoms with van der Waals surface area (Å²) in [5.41, 5.74) is 5.04. The second kappa shape index (κ2) is 2.13. The summed E-state index contributed by atoms with van der Waals surface area (Å²) >= 11 is 0. The van der Waals surface area contributed by atoms with Gasteiger partial charge in [-0.15, -0.1) is 0 Å². The van der Waals surface area contributed by atoms with E-state index in [0.29, 0.717) is 0 Å². The highest BCUT2D eigenvalue weighted by Crippen LogP contribution is 1.99. The van der Waals surface area contributed by atoms with E-state index >= 15 is 0 Å². The van der Waals surface area contributed by atoms with Gasteiger partial charge in [0.25, 0.3) is 0 Å². The molecule has 0 aromatic carbocycles. The van der Waals surface area contributed by atoms with Gasteiger partial charge in [0.05, 0.1) is 19.0 Å². The third-order valence-corrected chi connectivity index (χ3v) is 1.57. The molecule has 1 rings (SSSR count). The van der Waals surface area contributed by atoms with Crippen molar-refractivity contribution in [1.29, 1.82) is 0 Å². The predicted molar refractivity (Wildman–Crippen MR) is 29.0 cm³/mol. The van der Waals surface area contributed by atoms with Crippen molar-refractivity contribution in [2.75, 3.05) is 13.1 Å². The number of carbonyl (C=O) groups excluding carboxylic acids is 1.